The van der Waals surface area contributed by atoms with Gasteiger partial charge in [-0.15, -0.1) is 11.8 Å². The Bertz CT molecular complexity index is 737. The maximum Gasteiger partial charge on any atom is 0.310 e. The second-order valence-corrected chi connectivity index (χ2v) is 12.5. The molecule has 3 saturated heterocycles. The summed E-state index contributed by atoms with van der Waals surface area (Å²) in [5.74, 6) is -1.68. The number of alkyl halides is 1. The summed E-state index contributed by atoms with van der Waals surface area (Å²) in [6, 6.07) is -1.19. The van der Waals surface area contributed by atoms with Crippen LogP contribution in [0.1, 0.15) is 60.3 Å². The number of carbonyl (C=O) groups excluding carboxylic acids is 3. The molecule has 3 rings (SSSR count). The van der Waals surface area contributed by atoms with E-state index in [2.05, 4.69) is 28.2 Å². The van der Waals surface area contributed by atoms with Crippen LogP contribution < -0.4 is 5.32 Å². The Morgan fingerprint density at radius 2 is 2.03 bits per heavy atom. The average Bonchev–Trinajstić information content (AvgIpc) is 3.29. The number of hydrogen-bond acceptors (Lipinski definition) is 6. The van der Waals surface area contributed by atoms with E-state index in [9.17, 15) is 19.5 Å². The third-order valence-electron chi connectivity index (χ3n) is 6.99. The molecule has 2 amide bonds. The van der Waals surface area contributed by atoms with Gasteiger partial charge >= 0.3 is 5.97 Å². The number of fused-ring (bicyclic) bond motifs is 1. The molecule has 0 saturated carbocycles. The first-order valence-electron chi connectivity index (χ1n) is 11.8. The van der Waals surface area contributed by atoms with Gasteiger partial charge in [0.1, 0.15) is 6.04 Å². The number of halogens is 1. The molecule has 7 nitrogen and oxygen atoms in total. The Morgan fingerprint density at radius 1 is 1.34 bits per heavy atom. The summed E-state index contributed by atoms with van der Waals surface area (Å²) in [6.07, 6.45) is 3.02. The zero-order valence-electron chi connectivity index (χ0n) is 19.7. The van der Waals surface area contributed by atoms with E-state index < -0.39 is 28.7 Å². The van der Waals surface area contributed by atoms with Crippen LogP contribution in [0.25, 0.3) is 0 Å². The fraction of sp³-hybridized carbons (Fsp3) is 0.870. The first kappa shape index (κ1) is 25.8. The number of nitrogens with one attached hydrogen (secondary N) is 1. The summed E-state index contributed by atoms with van der Waals surface area (Å²) in [6.45, 7) is 9.93. The van der Waals surface area contributed by atoms with Crippen molar-refractivity contribution in [2.24, 2.45) is 17.8 Å². The summed E-state index contributed by atoms with van der Waals surface area (Å²) in [7, 11) is 0. The van der Waals surface area contributed by atoms with Crippen LogP contribution in [0.5, 0.6) is 0 Å². The van der Waals surface area contributed by atoms with Crippen molar-refractivity contribution < 1.29 is 24.2 Å². The standard InChI is InChI=1S/C23H37BrN2O5S/c1-6-8-13(5)25-20(28)19-23-10-15(24)18(32-23)16(22(30)31-7-2)17(23)21(29)26(19)14(11-27)9-12(3)4/h12-19,27H,6-11H2,1-5H3,(H,25,28)/t13?,14-,15?,16-,17+,18-,19?,23?/m1/s1. The highest BCUT2D eigenvalue weighted by Gasteiger charge is 2.76. The molecule has 0 aromatic carbocycles. The lowest BCUT2D eigenvalue weighted by Gasteiger charge is -2.38. The minimum absolute atomic E-state index is 0.0122. The number of ether oxygens (including phenoxy) is 1. The first-order chi connectivity index (χ1) is 15.1. The maximum atomic E-state index is 13.9. The van der Waals surface area contributed by atoms with Crippen molar-refractivity contribution in [1.29, 1.82) is 0 Å². The number of hydrogen-bond donors (Lipinski definition) is 2. The van der Waals surface area contributed by atoms with E-state index in [4.69, 9.17) is 4.74 Å². The van der Waals surface area contributed by atoms with Crippen molar-refractivity contribution in [2.75, 3.05) is 13.2 Å². The molecule has 3 heterocycles. The largest absolute Gasteiger partial charge is 0.466 e. The second kappa shape index (κ2) is 10.2. The van der Waals surface area contributed by atoms with E-state index >= 15 is 0 Å². The van der Waals surface area contributed by atoms with Crippen LogP contribution in [-0.2, 0) is 19.1 Å². The van der Waals surface area contributed by atoms with Crippen molar-refractivity contribution in [3.05, 3.63) is 0 Å². The SMILES string of the molecule is CCCC(C)NC(=O)C1N([C@@H](CO)CC(C)C)C(=O)[C@@H]2[C@@H](C(=O)OCC)[C@@H]3SC12CC3Br. The monoisotopic (exact) mass is 532 g/mol. The van der Waals surface area contributed by atoms with Crippen LogP contribution >= 0.6 is 27.7 Å². The molecule has 0 aromatic heterocycles. The number of carbonyl (C=O) groups is 3. The Hall–Kier alpha value is -0.800. The summed E-state index contributed by atoms with van der Waals surface area (Å²) >= 11 is 5.33. The van der Waals surface area contributed by atoms with Crippen molar-refractivity contribution in [3.63, 3.8) is 0 Å². The number of nitrogens with zero attached hydrogens (tertiary/aromatic N) is 1. The molecule has 2 N–H and O–H groups in total. The van der Waals surface area contributed by atoms with E-state index in [0.717, 1.165) is 12.8 Å². The summed E-state index contributed by atoms with van der Waals surface area (Å²) in [5.41, 5.74) is 0. The minimum atomic E-state index is -0.718. The number of amides is 2. The highest BCUT2D eigenvalue weighted by Crippen LogP contribution is 2.68. The van der Waals surface area contributed by atoms with Gasteiger partial charge in [-0.3, -0.25) is 14.4 Å². The molecule has 0 radical (unpaired) electrons. The summed E-state index contributed by atoms with van der Waals surface area (Å²) in [5, 5.41) is 13.2. The molecule has 3 aliphatic rings. The molecule has 3 fully saturated rings. The number of likely N-dealkylation sites (tertiary alicyclic amines) is 1. The lowest BCUT2D eigenvalue weighted by molar-refractivity contribution is -0.154. The Morgan fingerprint density at radius 3 is 2.59 bits per heavy atom. The first-order valence-corrected chi connectivity index (χ1v) is 13.6. The van der Waals surface area contributed by atoms with Crippen molar-refractivity contribution in [2.45, 2.75) is 93.3 Å². The van der Waals surface area contributed by atoms with Gasteiger partial charge in [0.15, 0.2) is 0 Å². The lowest BCUT2D eigenvalue weighted by Crippen LogP contribution is -2.58. The zero-order chi connectivity index (χ0) is 23.8. The predicted molar refractivity (Wildman–Crippen MR) is 129 cm³/mol. The second-order valence-electron chi connectivity index (χ2n) is 9.83. The van der Waals surface area contributed by atoms with Crippen molar-refractivity contribution in [3.8, 4) is 0 Å². The van der Waals surface area contributed by atoms with Crippen LogP contribution in [0.15, 0.2) is 0 Å². The fourth-order valence-electron chi connectivity index (χ4n) is 5.92. The molecule has 32 heavy (non-hydrogen) atoms. The van der Waals surface area contributed by atoms with E-state index in [-0.39, 0.29) is 53.0 Å². The number of thioether (sulfide) groups is 1. The molecular formula is C23H37BrN2O5S. The normalized spacial score (nSPS) is 35.2. The molecule has 8 atom stereocenters. The number of aliphatic hydroxyl groups is 1. The van der Waals surface area contributed by atoms with Crippen LogP contribution in [0.3, 0.4) is 0 Å². The highest BCUT2D eigenvalue weighted by molar-refractivity contribution is 9.09. The molecular weight excluding hydrogens is 496 g/mol. The fourth-order valence-corrected chi connectivity index (χ4v) is 9.50. The Kier molecular flexibility index (Phi) is 8.24. The third kappa shape index (κ3) is 4.33. The van der Waals surface area contributed by atoms with E-state index in [1.807, 2.05) is 20.8 Å². The summed E-state index contributed by atoms with van der Waals surface area (Å²) in [4.78, 5) is 42.2. The predicted octanol–water partition coefficient (Wildman–Crippen LogP) is 2.73. The number of rotatable bonds is 10. The van der Waals surface area contributed by atoms with Gasteiger partial charge in [-0.2, -0.15) is 0 Å². The average molecular weight is 534 g/mol. The molecule has 182 valence electrons. The zero-order valence-corrected chi connectivity index (χ0v) is 22.1. The van der Waals surface area contributed by atoms with Crippen LogP contribution in [0.2, 0.25) is 0 Å². The Labute approximate surface area is 203 Å². The number of esters is 1. The molecule has 4 unspecified atom stereocenters. The molecule has 3 aliphatic heterocycles. The van der Waals surface area contributed by atoms with Gasteiger partial charge in [-0.05, 0) is 39.0 Å². The lowest BCUT2D eigenvalue weighted by atomic mass is 9.71. The van der Waals surface area contributed by atoms with Gasteiger partial charge in [0.2, 0.25) is 11.8 Å². The van der Waals surface area contributed by atoms with E-state index in [1.54, 1.807) is 23.6 Å². The van der Waals surface area contributed by atoms with Gasteiger partial charge in [0.25, 0.3) is 0 Å². The smallest absolute Gasteiger partial charge is 0.310 e. The van der Waals surface area contributed by atoms with Crippen LogP contribution in [0, 0.1) is 17.8 Å². The maximum absolute atomic E-state index is 13.9. The van der Waals surface area contributed by atoms with E-state index in [0.29, 0.717) is 12.8 Å². The van der Waals surface area contributed by atoms with Gasteiger partial charge in [0, 0.05) is 16.1 Å². The molecule has 2 bridgehead atoms. The van der Waals surface area contributed by atoms with Crippen LogP contribution in [-0.4, -0.2) is 74.0 Å². The topological polar surface area (TPSA) is 95.9 Å². The van der Waals surface area contributed by atoms with Gasteiger partial charge in [-0.25, -0.2) is 0 Å². The van der Waals surface area contributed by atoms with Gasteiger partial charge in [0.05, 0.1) is 35.8 Å². The molecule has 0 aliphatic carbocycles. The number of aliphatic hydroxyl groups excluding tert-OH is 1. The summed E-state index contributed by atoms with van der Waals surface area (Å²) < 4.78 is 4.66. The highest BCUT2D eigenvalue weighted by atomic mass is 79.9. The van der Waals surface area contributed by atoms with Crippen LogP contribution in [0.4, 0.5) is 0 Å². The van der Waals surface area contributed by atoms with Gasteiger partial charge < -0.3 is 20.1 Å². The quantitative estimate of drug-likeness (QED) is 0.331. The van der Waals surface area contributed by atoms with E-state index in [1.165, 1.54) is 0 Å². The molecule has 0 aromatic rings. The third-order valence-corrected chi connectivity index (χ3v) is 10.2. The molecule has 9 heteroatoms. The molecule has 1 spiro atoms. The van der Waals surface area contributed by atoms with Gasteiger partial charge in [-0.1, -0.05) is 43.1 Å². The van der Waals surface area contributed by atoms with Crippen molar-refractivity contribution in [1.82, 2.24) is 10.2 Å². The van der Waals surface area contributed by atoms with Crippen molar-refractivity contribution >= 4 is 45.5 Å². The minimum Gasteiger partial charge on any atom is -0.466 e. The Balaban J connectivity index is 2.05.